The van der Waals surface area contributed by atoms with Gasteiger partial charge in [-0.15, -0.1) is 0 Å². The Morgan fingerprint density at radius 3 is 3.00 bits per heavy atom. The predicted molar refractivity (Wildman–Crippen MR) is 52.2 cm³/mol. The standard InChI is InChI=1S/C9H21N3/c1-3-9(10)7-12-5-4-11-6-8(12)2/h8-9,11H,3-7,10H2,1-2H3. The highest BCUT2D eigenvalue weighted by molar-refractivity contribution is 4.78. The molecule has 2 atom stereocenters. The number of hydrogen-bond donors (Lipinski definition) is 2. The molecular formula is C9H21N3. The van der Waals surface area contributed by atoms with E-state index in [2.05, 4.69) is 24.1 Å². The lowest BCUT2D eigenvalue weighted by atomic mass is 10.1. The van der Waals surface area contributed by atoms with Gasteiger partial charge in [0.2, 0.25) is 0 Å². The Balaban J connectivity index is 2.28. The summed E-state index contributed by atoms with van der Waals surface area (Å²) in [6.45, 7) is 8.83. The molecule has 0 radical (unpaired) electrons. The number of rotatable bonds is 3. The molecule has 0 amide bonds. The molecule has 72 valence electrons. The third kappa shape index (κ3) is 2.73. The molecule has 3 N–H and O–H groups in total. The first-order chi connectivity index (χ1) is 5.74. The van der Waals surface area contributed by atoms with Crippen molar-refractivity contribution < 1.29 is 0 Å². The third-order valence-electron chi connectivity index (χ3n) is 2.63. The van der Waals surface area contributed by atoms with E-state index in [9.17, 15) is 0 Å². The molecule has 0 spiro atoms. The Morgan fingerprint density at radius 2 is 2.42 bits per heavy atom. The summed E-state index contributed by atoms with van der Waals surface area (Å²) < 4.78 is 0. The number of nitrogens with zero attached hydrogens (tertiary/aromatic N) is 1. The van der Waals surface area contributed by atoms with Crippen molar-refractivity contribution in [2.75, 3.05) is 26.2 Å². The molecule has 0 aromatic heterocycles. The van der Waals surface area contributed by atoms with Crippen LogP contribution in [-0.4, -0.2) is 43.2 Å². The van der Waals surface area contributed by atoms with Gasteiger partial charge in [-0.2, -0.15) is 0 Å². The van der Waals surface area contributed by atoms with Gasteiger partial charge < -0.3 is 11.1 Å². The van der Waals surface area contributed by atoms with Gasteiger partial charge in [-0.1, -0.05) is 6.92 Å². The van der Waals surface area contributed by atoms with Crippen LogP contribution in [-0.2, 0) is 0 Å². The van der Waals surface area contributed by atoms with Gasteiger partial charge in [0.25, 0.3) is 0 Å². The predicted octanol–water partition coefficient (Wildman–Crippen LogP) is 0.0174. The van der Waals surface area contributed by atoms with Gasteiger partial charge in [-0.3, -0.25) is 4.90 Å². The van der Waals surface area contributed by atoms with E-state index < -0.39 is 0 Å². The van der Waals surface area contributed by atoms with Crippen LogP contribution in [0.1, 0.15) is 20.3 Å². The summed E-state index contributed by atoms with van der Waals surface area (Å²) >= 11 is 0. The first-order valence-corrected chi connectivity index (χ1v) is 4.94. The minimum Gasteiger partial charge on any atom is -0.327 e. The quantitative estimate of drug-likeness (QED) is 0.629. The number of hydrogen-bond acceptors (Lipinski definition) is 3. The van der Waals surface area contributed by atoms with Crippen molar-refractivity contribution in [1.82, 2.24) is 10.2 Å². The highest BCUT2D eigenvalue weighted by Crippen LogP contribution is 2.03. The van der Waals surface area contributed by atoms with E-state index in [4.69, 9.17) is 5.73 Å². The molecule has 1 saturated heterocycles. The SMILES string of the molecule is CCC(N)CN1CCNCC1C. The molecule has 12 heavy (non-hydrogen) atoms. The molecule has 0 bridgehead atoms. The van der Waals surface area contributed by atoms with Gasteiger partial charge in [-0.05, 0) is 13.3 Å². The van der Waals surface area contributed by atoms with Gasteiger partial charge in [0, 0.05) is 38.3 Å². The van der Waals surface area contributed by atoms with E-state index in [1.165, 1.54) is 0 Å². The van der Waals surface area contributed by atoms with Gasteiger partial charge in [0.05, 0.1) is 0 Å². The molecule has 3 nitrogen and oxygen atoms in total. The Kier molecular flexibility index (Phi) is 3.98. The monoisotopic (exact) mass is 171 g/mol. The van der Waals surface area contributed by atoms with E-state index in [0.29, 0.717) is 12.1 Å². The first kappa shape index (κ1) is 9.96. The molecule has 0 aliphatic carbocycles. The molecule has 1 aliphatic heterocycles. The maximum absolute atomic E-state index is 5.90. The molecule has 1 heterocycles. The molecule has 1 rings (SSSR count). The second kappa shape index (κ2) is 4.80. The second-order valence-electron chi connectivity index (χ2n) is 3.72. The van der Waals surface area contributed by atoms with Crippen molar-refractivity contribution in [2.24, 2.45) is 5.73 Å². The smallest absolute Gasteiger partial charge is 0.0193 e. The molecule has 0 aromatic carbocycles. The van der Waals surface area contributed by atoms with Crippen LogP contribution in [0.5, 0.6) is 0 Å². The number of piperazine rings is 1. The number of nitrogens with one attached hydrogen (secondary N) is 1. The van der Waals surface area contributed by atoms with Crippen LogP contribution in [0.4, 0.5) is 0 Å². The third-order valence-corrected chi connectivity index (χ3v) is 2.63. The minimum atomic E-state index is 0.352. The van der Waals surface area contributed by atoms with E-state index in [1.54, 1.807) is 0 Å². The topological polar surface area (TPSA) is 41.3 Å². The lowest BCUT2D eigenvalue weighted by Gasteiger charge is -2.35. The Bertz CT molecular complexity index is 127. The van der Waals surface area contributed by atoms with Crippen LogP contribution in [0.3, 0.4) is 0 Å². The van der Waals surface area contributed by atoms with Gasteiger partial charge in [-0.25, -0.2) is 0 Å². The van der Waals surface area contributed by atoms with Crippen molar-refractivity contribution >= 4 is 0 Å². The first-order valence-electron chi connectivity index (χ1n) is 4.94. The van der Waals surface area contributed by atoms with Crippen molar-refractivity contribution in [3.8, 4) is 0 Å². The Hall–Kier alpha value is -0.120. The molecule has 2 unspecified atom stereocenters. The van der Waals surface area contributed by atoms with Gasteiger partial charge in [0.15, 0.2) is 0 Å². The van der Waals surface area contributed by atoms with Crippen LogP contribution in [0.25, 0.3) is 0 Å². The highest BCUT2D eigenvalue weighted by Gasteiger charge is 2.18. The summed E-state index contributed by atoms with van der Waals surface area (Å²) in [7, 11) is 0. The molecular weight excluding hydrogens is 150 g/mol. The van der Waals surface area contributed by atoms with Gasteiger partial charge in [0.1, 0.15) is 0 Å². The van der Waals surface area contributed by atoms with E-state index in [-0.39, 0.29) is 0 Å². The summed E-state index contributed by atoms with van der Waals surface area (Å²) in [4.78, 5) is 2.48. The lowest BCUT2D eigenvalue weighted by Crippen LogP contribution is -2.53. The van der Waals surface area contributed by atoms with E-state index in [0.717, 1.165) is 32.6 Å². The second-order valence-corrected chi connectivity index (χ2v) is 3.72. The van der Waals surface area contributed by atoms with Crippen molar-refractivity contribution in [2.45, 2.75) is 32.4 Å². The maximum Gasteiger partial charge on any atom is 0.0193 e. The largest absolute Gasteiger partial charge is 0.327 e. The number of nitrogens with two attached hydrogens (primary N) is 1. The fourth-order valence-electron chi connectivity index (χ4n) is 1.58. The summed E-state index contributed by atoms with van der Waals surface area (Å²) in [6.07, 6.45) is 1.08. The van der Waals surface area contributed by atoms with E-state index >= 15 is 0 Å². The molecule has 1 aliphatic rings. The van der Waals surface area contributed by atoms with Crippen molar-refractivity contribution in [3.63, 3.8) is 0 Å². The average molecular weight is 171 g/mol. The fourth-order valence-corrected chi connectivity index (χ4v) is 1.58. The van der Waals surface area contributed by atoms with Crippen LogP contribution < -0.4 is 11.1 Å². The van der Waals surface area contributed by atoms with Crippen LogP contribution in [0.2, 0.25) is 0 Å². The Labute approximate surface area is 75.3 Å². The molecule has 3 heteroatoms. The van der Waals surface area contributed by atoms with E-state index in [1.807, 2.05) is 0 Å². The Morgan fingerprint density at radius 1 is 1.67 bits per heavy atom. The molecule has 1 fully saturated rings. The normalized spacial score (nSPS) is 28.8. The zero-order valence-electron chi connectivity index (χ0n) is 8.21. The van der Waals surface area contributed by atoms with Crippen molar-refractivity contribution in [1.29, 1.82) is 0 Å². The van der Waals surface area contributed by atoms with Crippen LogP contribution in [0.15, 0.2) is 0 Å². The van der Waals surface area contributed by atoms with Crippen LogP contribution in [0, 0.1) is 0 Å². The fraction of sp³-hybridized carbons (Fsp3) is 1.00. The summed E-state index contributed by atoms with van der Waals surface area (Å²) in [6, 6.07) is 1.00. The average Bonchev–Trinajstić information content (AvgIpc) is 2.09. The highest BCUT2D eigenvalue weighted by atomic mass is 15.2. The zero-order chi connectivity index (χ0) is 8.97. The van der Waals surface area contributed by atoms with Gasteiger partial charge >= 0.3 is 0 Å². The zero-order valence-corrected chi connectivity index (χ0v) is 8.21. The summed E-state index contributed by atoms with van der Waals surface area (Å²) in [5, 5.41) is 3.37. The summed E-state index contributed by atoms with van der Waals surface area (Å²) in [5.41, 5.74) is 5.90. The maximum atomic E-state index is 5.90. The molecule has 0 aromatic rings. The summed E-state index contributed by atoms with van der Waals surface area (Å²) in [5.74, 6) is 0. The lowest BCUT2D eigenvalue weighted by molar-refractivity contribution is 0.163. The minimum absolute atomic E-state index is 0.352. The van der Waals surface area contributed by atoms with Crippen LogP contribution >= 0.6 is 0 Å². The van der Waals surface area contributed by atoms with Crippen molar-refractivity contribution in [3.05, 3.63) is 0 Å². The molecule has 0 saturated carbocycles.